The fraction of sp³-hybridized carbons (Fsp3) is 0.500. The molecule has 1 heterocycles. The van der Waals surface area contributed by atoms with Crippen LogP contribution < -0.4 is 5.32 Å². The standard InChI is InChI=1S/C14H19NO2/c1-17-14(16)9-11-5-2-3-7-13(11)12-6-4-8-15-10-12/h2-3,5,7,12,15H,4,6,8-10H2,1H3. The van der Waals surface area contributed by atoms with Gasteiger partial charge in [0.25, 0.3) is 0 Å². The third-order valence-corrected chi connectivity index (χ3v) is 3.35. The van der Waals surface area contributed by atoms with E-state index < -0.39 is 0 Å². The van der Waals surface area contributed by atoms with Gasteiger partial charge in [-0.25, -0.2) is 0 Å². The van der Waals surface area contributed by atoms with Crippen LogP contribution in [0.5, 0.6) is 0 Å². The first-order valence-electron chi connectivity index (χ1n) is 6.16. The number of rotatable bonds is 3. The van der Waals surface area contributed by atoms with Crippen molar-refractivity contribution in [2.45, 2.75) is 25.2 Å². The van der Waals surface area contributed by atoms with Gasteiger partial charge in [-0.3, -0.25) is 4.79 Å². The van der Waals surface area contributed by atoms with Crippen molar-refractivity contribution in [3.8, 4) is 0 Å². The number of hydrogen-bond acceptors (Lipinski definition) is 3. The van der Waals surface area contributed by atoms with E-state index >= 15 is 0 Å². The number of benzene rings is 1. The Bertz CT molecular complexity index is 384. The third-order valence-electron chi connectivity index (χ3n) is 3.35. The predicted octanol–water partition coefficient (Wildman–Crippen LogP) is 1.87. The van der Waals surface area contributed by atoms with E-state index in [1.54, 1.807) is 0 Å². The first-order chi connectivity index (χ1) is 8.31. The molecule has 0 saturated carbocycles. The molecule has 0 radical (unpaired) electrons. The zero-order chi connectivity index (χ0) is 12.1. The second-order valence-corrected chi connectivity index (χ2v) is 4.49. The highest BCUT2D eigenvalue weighted by molar-refractivity contribution is 5.73. The van der Waals surface area contributed by atoms with E-state index in [0.717, 1.165) is 18.7 Å². The summed E-state index contributed by atoms with van der Waals surface area (Å²) in [5.41, 5.74) is 2.40. The second kappa shape index (κ2) is 5.82. The van der Waals surface area contributed by atoms with Crippen molar-refractivity contribution in [1.82, 2.24) is 5.32 Å². The largest absolute Gasteiger partial charge is 0.469 e. The zero-order valence-corrected chi connectivity index (χ0v) is 10.2. The highest BCUT2D eigenvalue weighted by Crippen LogP contribution is 2.26. The van der Waals surface area contributed by atoms with E-state index in [1.807, 2.05) is 18.2 Å². The molecule has 2 rings (SSSR count). The molecule has 1 aromatic carbocycles. The average molecular weight is 233 g/mol. The molecular formula is C14H19NO2. The van der Waals surface area contributed by atoms with Crippen LogP contribution in [0.1, 0.15) is 29.9 Å². The smallest absolute Gasteiger partial charge is 0.309 e. The van der Waals surface area contributed by atoms with Gasteiger partial charge >= 0.3 is 5.97 Å². The van der Waals surface area contributed by atoms with Gasteiger partial charge in [0.15, 0.2) is 0 Å². The average Bonchev–Trinajstić information content (AvgIpc) is 2.40. The molecule has 1 aromatic rings. The summed E-state index contributed by atoms with van der Waals surface area (Å²) in [7, 11) is 1.44. The highest BCUT2D eigenvalue weighted by Gasteiger charge is 2.18. The Labute approximate surface area is 102 Å². The van der Waals surface area contributed by atoms with Crippen molar-refractivity contribution < 1.29 is 9.53 Å². The maximum Gasteiger partial charge on any atom is 0.309 e. The lowest BCUT2D eigenvalue weighted by Gasteiger charge is -2.25. The summed E-state index contributed by atoms with van der Waals surface area (Å²) in [6.07, 6.45) is 2.78. The molecule has 1 saturated heterocycles. The Hall–Kier alpha value is -1.35. The van der Waals surface area contributed by atoms with Gasteiger partial charge in [0, 0.05) is 6.54 Å². The quantitative estimate of drug-likeness (QED) is 0.810. The molecule has 0 spiro atoms. The summed E-state index contributed by atoms with van der Waals surface area (Å²) in [6.45, 7) is 2.12. The summed E-state index contributed by atoms with van der Waals surface area (Å²) in [6, 6.07) is 8.19. The summed E-state index contributed by atoms with van der Waals surface area (Å²) >= 11 is 0. The molecular weight excluding hydrogens is 214 g/mol. The zero-order valence-electron chi connectivity index (χ0n) is 10.2. The molecule has 0 aromatic heterocycles. The van der Waals surface area contributed by atoms with Crippen molar-refractivity contribution in [2.24, 2.45) is 0 Å². The van der Waals surface area contributed by atoms with Gasteiger partial charge in [0.2, 0.25) is 0 Å². The van der Waals surface area contributed by atoms with Gasteiger partial charge in [-0.1, -0.05) is 24.3 Å². The van der Waals surface area contributed by atoms with E-state index in [9.17, 15) is 4.79 Å². The first-order valence-corrected chi connectivity index (χ1v) is 6.16. The van der Waals surface area contributed by atoms with Gasteiger partial charge in [0.05, 0.1) is 13.5 Å². The van der Waals surface area contributed by atoms with Gasteiger partial charge in [0.1, 0.15) is 0 Å². The normalized spacial score (nSPS) is 19.9. The van der Waals surface area contributed by atoms with Crippen LogP contribution >= 0.6 is 0 Å². The molecule has 1 atom stereocenters. The summed E-state index contributed by atoms with van der Waals surface area (Å²) < 4.78 is 4.74. The van der Waals surface area contributed by atoms with Crippen LogP contribution in [-0.2, 0) is 16.0 Å². The number of hydrogen-bond donors (Lipinski definition) is 1. The van der Waals surface area contributed by atoms with Crippen molar-refractivity contribution in [2.75, 3.05) is 20.2 Å². The van der Waals surface area contributed by atoms with Crippen LogP contribution in [0.2, 0.25) is 0 Å². The summed E-state index contributed by atoms with van der Waals surface area (Å²) in [5.74, 6) is 0.367. The second-order valence-electron chi connectivity index (χ2n) is 4.49. The lowest BCUT2D eigenvalue weighted by molar-refractivity contribution is -0.139. The third kappa shape index (κ3) is 3.07. The minimum atomic E-state index is -0.166. The Morgan fingerprint density at radius 1 is 1.47 bits per heavy atom. The van der Waals surface area contributed by atoms with Gasteiger partial charge in [-0.15, -0.1) is 0 Å². The maximum atomic E-state index is 11.4. The Kier molecular flexibility index (Phi) is 4.15. The van der Waals surface area contributed by atoms with Crippen molar-refractivity contribution >= 4 is 5.97 Å². The molecule has 1 unspecified atom stereocenters. The molecule has 3 nitrogen and oxygen atoms in total. The lowest BCUT2D eigenvalue weighted by atomic mass is 9.87. The van der Waals surface area contributed by atoms with E-state index in [1.165, 1.54) is 25.5 Å². The predicted molar refractivity (Wildman–Crippen MR) is 67.0 cm³/mol. The summed E-state index contributed by atoms with van der Waals surface area (Å²) in [5, 5.41) is 3.41. The van der Waals surface area contributed by atoms with Crippen LogP contribution in [-0.4, -0.2) is 26.2 Å². The first kappa shape index (κ1) is 12.1. The number of carbonyl (C=O) groups excluding carboxylic acids is 1. The van der Waals surface area contributed by atoms with Gasteiger partial charge in [-0.05, 0) is 36.4 Å². The topological polar surface area (TPSA) is 38.3 Å². The molecule has 92 valence electrons. The molecule has 0 bridgehead atoms. The van der Waals surface area contributed by atoms with Gasteiger partial charge < -0.3 is 10.1 Å². The number of methoxy groups -OCH3 is 1. The summed E-state index contributed by atoms with van der Waals surface area (Å²) in [4.78, 5) is 11.4. The van der Waals surface area contributed by atoms with Gasteiger partial charge in [-0.2, -0.15) is 0 Å². The van der Waals surface area contributed by atoms with Crippen LogP contribution in [0.25, 0.3) is 0 Å². The minimum Gasteiger partial charge on any atom is -0.469 e. The molecule has 0 amide bonds. The molecule has 17 heavy (non-hydrogen) atoms. The maximum absolute atomic E-state index is 11.4. The van der Waals surface area contributed by atoms with Crippen LogP contribution in [0.15, 0.2) is 24.3 Å². The Morgan fingerprint density at radius 3 is 3.00 bits per heavy atom. The molecule has 1 N–H and O–H groups in total. The Morgan fingerprint density at radius 2 is 2.29 bits per heavy atom. The number of piperidine rings is 1. The van der Waals surface area contributed by atoms with E-state index in [0.29, 0.717) is 12.3 Å². The number of nitrogens with one attached hydrogen (secondary N) is 1. The molecule has 0 aliphatic carbocycles. The van der Waals surface area contributed by atoms with Crippen LogP contribution in [0.4, 0.5) is 0 Å². The lowest BCUT2D eigenvalue weighted by Crippen LogP contribution is -2.29. The van der Waals surface area contributed by atoms with Crippen molar-refractivity contribution in [1.29, 1.82) is 0 Å². The molecule has 3 heteroatoms. The van der Waals surface area contributed by atoms with E-state index in [-0.39, 0.29) is 5.97 Å². The fourth-order valence-electron chi connectivity index (χ4n) is 2.44. The Balaban J connectivity index is 2.17. The number of carbonyl (C=O) groups is 1. The highest BCUT2D eigenvalue weighted by atomic mass is 16.5. The molecule has 1 aliphatic rings. The number of esters is 1. The monoisotopic (exact) mass is 233 g/mol. The minimum absolute atomic E-state index is 0.166. The molecule has 1 fully saturated rings. The van der Waals surface area contributed by atoms with E-state index in [2.05, 4.69) is 11.4 Å². The molecule has 1 aliphatic heterocycles. The SMILES string of the molecule is COC(=O)Cc1ccccc1C1CCCNC1. The van der Waals surface area contributed by atoms with Crippen LogP contribution in [0.3, 0.4) is 0 Å². The van der Waals surface area contributed by atoms with Crippen LogP contribution in [0, 0.1) is 0 Å². The van der Waals surface area contributed by atoms with E-state index in [4.69, 9.17) is 4.74 Å². The van der Waals surface area contributed by atoms with Crippen molar-refractivity contribution in [3.05, 3.63) is 35.4 Å². The number of ether oxygens (including phenoxy) is 1. The fourth-order valence-corrected chi connectivity index (χ4v) is 2.44. The van der Waals surface area contributed by atoms with Crippen molar-refractivity contribution in [3.63, 3.8) is 0 Å².